The number of hydrogen-bond acceptors (Lipinski definition) is 9. The van der Waals surface area contributed by atoms with Gasteiger partial charge in [-0.3, -0.25) is 19.6 Å². The number of aliphatic hydroxyl groups excluding tert-OH is 1. The lowest BCUT2D eigenvalue weighted by Crippen LogP contribution is -2.61. The molecule has 10 rings (SSSR count). The zero-order valence-corrected chi connectivity index (χ0v) is 48.0. The summed E-state index contributed by atoms with van der Waals surface area (Å²) in [7, 11) is 0. The van der Waals surface area contributed by atoms with Gasteiger partial charge in [0, 0.05) is 73.1 Å². The summed E-state index contributed by atoms with van der Waals surface area (Å²) in [4.78, 5) is 47.2. The van der Waals surface area contributed by atoms with Gasteiger partial charge >= 0.3 is 6.03 Å². The van der Waals surface area contributed by atoms with E-state index in [4.69, 9.17) is 43.0 Å². The van der Waals surface area contributed by atoms with Crippen molar-refractivity contribution in [1.29, 1.82) is 0 Å². The first kappa shape index (κ1) is 55.5. The van der Waals surface area contributed by atoms with E-state index in [1.807, 2.05) is 72.1 Å². The van der Waals surface area contributed by atoms with Crippen LogP contribution in [0.4, 0.5) is 10.6 Å². The maximum atomic E-state index is 15.3. The Morgan fingerprint density at radius 3 is 2.15 bits per heavy atom. The Balaban J connectivity index is 0.853. The van der Waals surface area contributed by atoms with E-state index in [-0.39, 0.29) is 30.5 Å². The smallest absolute Gasteiger partial charge is 0.327 e. The third kappa shape index (κ3) is 11.5. The number of nitrogens with one attached hydrogen (secondary N) is 1. The molecule has 3 aliphatic heterocycles. The molecule has 0 saturated carbocycles. The Labute approximate surface area is 475 Å². The lowest BCUT2D eigenvalue weighted by molar-refractivity contribution is -0.123. The topological polar surface area (TPSA) is 131 Å². The second-order valence-corrected chi connectivity index (χ2v) is 23.5. The van der Waals surface area contributed by atoms with Crippen molar-refractivity contribution in [2.45, 2.75) is 96.6 Å². The van der Waals surface area contributed by atoms with Crippen LogP contribution in [0.2, 0.25) is 10.0 Å². The van der Waals surface area contributed by atoms with Gasteiger partial charge in [-0.15, -0.1) is 0 Å². The highest BCUT2D eigenvalue weighted by Gasteiger charge is 2.60. The fourth-order valence-electron chi connectivity index (χ4n) is 11.6. The minimum atomic E-state index is -1.10. The van der Waals surface area contributed by atoms with Gasteiger partial charge in [0.05, 0.1) is 30.2 Å². The molecule has 0 aliphatic carbocycles. The number of carbonyl (C=O) groups excluding carboxylic acids is 2. The van der Waals surface area contributed by atoms with Crippen LogP contribution in [0, 0.1) is 6.92 Å². The normalized spacial score (nSPS) is 19.0. The maximum absolute atomic E-state index is 15.3. The Hall–Kier alpha value is -6.77. The van der Waals surface area contributed by atoms with Crippen molar-refractivity contribution in [3.05, 3.63) is 171 Å². The second kappa shape index (κ2) is 23.5. The quantitative estimate of drug-likeness (QED) is 0.0862. The third-order valence-corrected chi connectivity index (χ3v) is 16.9. The molecule has 2 aromatic heterocycles. The minimum Gasteiger partial charge on any atom is -0.493 e. The first-order valence-corrected chi connectivity index (χ1v) is 28.7. The average molecular weight is 1100 g/mol. The van der Waals surface area contributed by atoms with Crippen LogP contribution in [0.3, 0.4) is 0 Å². The number of urea groups is 1. The third-order valence-electron chi connectivity index (χ3n) is 16.3. The van der Waals surface area contributed by atoms with Gasteiger partial charge in [-0.25, -0.2) is 9.78 Å². The van der Waals surface area contributed by atoms with Crippen LogP contribution in [0.1, 0.15) is 100 Å². The molecule has 15 heteroatoms. The van der Waals surface area contributed by atoms with E-state index in [2.05, 4.69) is 116 Å². The summed E-state index contributed by atoms with van der Waals surface area (Å²) in [5.41, 5.74) is 8.41. The van der Waals surface area contributed by atoms with Gasteiger partial charge in [0.2, 0.25) is 5.91 Å². The number of fused-ring (bicyclic) bond motifs is 1. The number of rotatable bonds is 17. The van der Waals surface area contributed by atoms with E-state index < -0.39 is 11.1 Å². The fraction of sp³-hybridized carbons (Fsp3) is 0.391. The van der Waals surface area contributed by atoms with Crippen LogP contribution in [0.5, 0.6) is 5.75 Å². The molecule has 2 saturated heterocycles. The monoisotopic (exact) mass is 1100 g/mol. The number of amidine groups is 1. The lowest BCUT2D eigenvalue weighted by atomic mass is 9.71. The summed E-state index contributed by atoms with van der Waals surface area (Å²) in [6.45, 7) is 18.2. The molecule has 0 bridgehead atoms. The van der Waals surface area contributed by atoms with Gasteiger partial charge in [0.1, 0.15) is 35.0 Å². The number of piperazine rings is 2. The molecule has 79 heavy (non-hydrogen) atoms. The molecule has 7 aromatic rings. The molecule has 412 valence electrons. The molecule has 3 amide bonds. The van der Waals surface area contributed by atoms with E-state index in [9.17, 15) is 9.90 Å². The van der Waals surface area contributed by atoms with Crippen molar-refractivity contribution in [1.82, 2.24) is 34.6 Å². The molecular weight excluding hydrogens is 1030 g/mol. The minimum absolute atomic E-state index is 0.0694. The maximum Gasteiger partial charge on any atom is 0.327 e. The molecule has 5 aromatic carbocycles. The van der Waals surface area contributed by atoms with E-state index >= 15 is 4.79 Å². The van der Waals surface area contributed by atoms with Crippen molar-refractivity contribution >= 4 is 52.4 Å². The standard InChI is InChI=1S/C64H73Cl2N9O4/c1-44-58(60-68-54(46-18-12-10-13-19-46)42-57(75(60)70-44)72-35-33-71(34-36-72)37-38-76)47-20-15-17-45(40-47)16-11-8-7-9-14-39-79-55-41-50(62(2,3)4)25-30-53(55)59-69-63(5,48-21-26-51(65)27-22-48)64(6,49-23-28-52(66)29-24-49)74(59)61(78)73-32-31-67-56(77)43-73/h10,12-13,15,17-30,40-42,76H,7-9,11,14,16,31-39,43H2,1-6H3,(H,67,77)/t63-,64+/m0/s1. The Bertz CT molecular complexity index is 3330. The highest BCUT2D eigenvalue weighted by atomic mass is 35.5. The summed E-state index contributed by atoms with van der Waals surface area (Å²) >= 11 is 13.0. The average Bonchev–Trinajstić information content (AvgIpc) is 3.70. The molecule has 5 heterocycles. The molecular formula is C64H73Cl2N9O4. The van der Waals surface area contributed by atoms with E-state index in [0.717, 1.165) is 121 Å². The summed E-state index contributed by atoms with van der Waals surface area (Å²) in [6, 6.07) is 42.6. The summed E-state index contributed by atoms with van der Waals surface area (Å²) in [5, 5.41) is 18.8. The number of benzene rings is 5. The fourth-order valence-corrected chi connectivity index (χ4v) is 11.9. The zero-order valence-electron chi connectivity index (χ0n) is 46.4. The van der Waals surface area contributed by atoms with Gasteiger partial charge in [-0.05, 0) is 110 Å². The molecule has 0 unspecified atom stereocenters. The number of amides is 3. The van der Waals surface area contributed by atoms with Crippen LogP contribution in [0.15, 0.2) is 132 Å². The molecule has 0 radical (unpaired) electrons. The van der Waals surface area contributed by atoms with Gasteiger partial charge in [0.15, 0.2) is 5.65 Å². The number of aliphatic hydroxyl groups is 1. The number of nitrogens with zero attached hydrogens (tertiary/aromatic N) is 8. The van der Waals surface area contributed by atoms with Crippen molar-refractivity contribution in [3.63, 3.8) is 0 Å². The molecule has 2 atom stereocenters. The van der Waals surface area contributed by atoms with Gasteiger partial charge < -0.3 is 25.0 Å². The van der Waals surface area contributed by atoms with E-state index in [1.54, 1.807) is 9.80 Å². The molecule has 3 aliphatic rings. The number of ether oxygens (including phenoxy) is 1. The first-order valence-electron chi connectivity index (χ1n) is 27.9. The molecule has 2 N–H and O–H groups in total. The van der Waals surface area contributed by atoms with Crippen molar-refractivity contribution in [3.8, 4) is 28.1 Å². The molecule has 2 fully saturated rings. The summed E-state index contributed by atoms with van der Waals surface area (Å²) in [5.74, 6) is 1.94. The second-order valence-electron chi connectivity index (χ2n) is 22.6. The van der Waals surface area contributed by atoms with Gasteiger partial charge in [-0.2, -0.15) is 9.61 Å². The van der Waals surface area contributed by atoms with Gasteiger partial charge in [0.25, 0.3) is 0 Å². The Kier molecular flexibility index (Phi) is 16.5. The van der Waals surface area contributed by atoms with Crippen LogP contribution >= 0.6 is 23.2 Å². The van der Waals surface area contributed by atoms with Gasteiger partial charge in [-0.1, -0.05) is 148 Å². The molecule has 0 spiro atoms. The Morgan fingerprint density at radius 1 is 0.772 bits per heavy atom. The number of carbonyl (C=O) groups is 2. The predicted octanol–water partition coefficient (Wildman–Crippen LogP) is 12.1. The SMILES string of the molecule is Cc1nn2c(N3CCN(CCO)CC3)cc(-c3ccccc3)nc2c1-c1cccc(CCCCCCCOc2cc(C(C)(C)C)ccc2C2=N[C@@](C)(c3ccc(Cl)cc3)[C@@](C)(c3ccc(Cl)cc3)N2C(=O)N2CCNC(=O)C2)c1. The first-order chi connectivity index (χ1) is 38.0. The van der Waals surface area contributed by atoms with Crippen molar-refractivity contribution < 1.29 is 19.4 Å². The Morgan fingerprint density at radius 2 is 1.46 bits per heavy atom. The van der Waals surface area contributed by atoms with Crippen LogP contribution in [0.25, 0.3) is 28.0 Å². The van der Waals surface area contributed by atoms with Crippen LogP contribution in [-0.4, -0.2) is 118 Å². The lowest BCUT2D eigenvalue weighted by Gasteiger charge is -2.47. The van der Waals surface area contributed by atoms with E-state index in [1.165, 1.54) is 5.56 Å². The number of halogens is 2. The summed E-state index contributed by atoms with van der Waals surface area (Å²) < 4.78 is 8.88. The van der Waals surface area contributed by atoms with E-state index in [0.29, 0.717) is 53.4 Å². The number of β-amino-alcohol motifs (C(OH)–C–C–N with tert-alkyl or cyclic N) is 1. The number of anilines is 1. The largest absolute Gasteiger partial charge is 0.493 e. The number of aromatic nitrogens is 3. The molecule has 13 nitrogen and oxygen atoms in total. The summed E-state index contributed by atoms with van der Waals surface area (Å²) in [6.07, 6.45) is 6.00. The highest BCUT2D eigenvalue weighted by molar-refractivity contribution is 6.30. The van der Waals surface area contributed by atoms with Crippen molar-refractivity contribution in [2.75, 3.05) is 70.5 Å². The van der Waals surface area contributed by atoms with Crippen LogP contribution < -0.4 is 15.0 Å². The number of hydrogen-bond donors (Lipinski definition) is 2. The number of aryl methyl sites for hydroxylation is 2. The van der Waals surface area contributed by atoms with Crippen LogP contribution in [-0.2, 0) is 27.7 Å². The van der Waals surface area contributed by atoms with Crippen molar-refractivity contribution in [2.24, 2.45) is 4.99 Å². The zero-order chi connectivity index (χ0) is 55.5. The highest BCUT2D eigenvalue weighted by Crippen LogP contribution is 2.54. The predicted molar refractivity (Wildman–Crippen MR) is 318 cm³/mol. The number of aliphatic imine (C=N–C) groups is 1. The number of unbranched alkanes of at least 4 members (excludes halogenated alkanes) is 4.